The molecule has 0 fully saturated rings. The summed E-state index contributed by atoms with van der Waals surface area (Å²) in [6, 6.07) is 6.20. The second-order valence-corrected chi connectivity index (χ2v) is 7.61. The molecule has 0 heterocycles. The Balaban J connectivity index is 2.82. The molecule has 128 valence electrons. The summed E-state index contributed by atoms with van der Waals surface area (Å²) in [5, 5.41) is 0. The first-order chi connectivity index (χ1) is 10.7. The third-order valence-electron chi connectivity index (χ3n) is 3.47. The normalized spacial score (nSPS) is 14.9. The van der Waals surface area contributed by atoms with E-state index in [1.807, 2.05) is 20.8 Å². The maximum atomic E-state index is 12.3. The van der Waals surface area contributed by atoms with Crippen LogP contribution < -0.4 is 4.72 Å². The van der Waals surface area contributed by atoms with Crippen LogP contribution in [0.25, 0.3) is 0 Å². The lowest BCUT2D eigenvalue weighted by molar-refractivity contribution is -0.145. The molecule has 0 aliphatic carbocycles. The molecule has 0 radical (unpaired) electrons. The highest BCUT2D eigenvalue weighted by atomic mass is 32.2. The maximum Gasteiger partial charge on any atom is 0.312 e. The highest BCUT2D eigenvalue weighted by Crippen LogP contribution is 2.15. The van der Waals surface area contributed by atoms with Gasteiger partial charge >= 0.3 is 5.97 Å². The highest BCUT2D eigenvalue weighted by Gasteiger charge is 2.21. The second kappa shape index (κ2) is 8.26. The minimum atomic E-state index is -3.59. The number of rotatable bonds is 7. The molecule has 0 saturated carbocycles. The van der Waals surface area contributed by atoms with Crippen LogP contribution >= 0.6 is 0 Å². The molecule has 0 aliphatic heterocycles. The molecular formula is C17H25NO4S. The summed E-state index contributed by atoms with van der Waals surface area (Å²) >= 11 is 0. The molecule has 1 aromatic carbocycles. The molecule has 23 heavy (non-hydrogen) atoms. The van der Waals surface area contributed by atoms with Gasteiger partial charge in [0, 0.05) is 6.04 Å². The van der Waals surface area contributed by atoms with E-state index in [0.29, 0.717) is 0 Å². The fourth-order valence-electron chi connectivity index (χ4n) is 2.06. The molecule has 0 amide bonds. The van der Waals surface area contributed by atoms with Crippen LogP contribution in [0.1, 0.15) is 26.3 Å². The van der Waals surface area contributed by atoms with Crippen LogP contribution in [0.5, 0.6) is 0 Å². The van der Waals surface area contributed by atoms with E-state index >= 15 is 0 Å². The Morgan fingerprint density at radius 2 is 1.70 bits per heavy atom. The van der Waals surface area contributed by atoms with E-state index in [0.717, 1.165) is 5.56 Å². The summed E-state index contributed by atoms with van der Waals surface area (Å²) in [6.45, 7) is 7.44. The number of ether oxygens (including phenoxy) is 1. The summed E-state index contributed by atoms with van der Waals surface area (Å²) in [6.07, 6.45) is 3.37. The predicted octanol–water partition coefficient (Wildman–Crippen LogP) is 2.66. The number of nitrogens with one attached hydrogen (secondary N) is 1. The minimum Gasteiger partial charge on any atom is -0.469 e. The molecule has 1 N–H and O–H groups in total. The van der Waals surface area contributed by atoms with Gasteiger partial charge in [-0.3, -0.25) is 4.79 Å². The number of carbonyl (C=O) groups excluding carboxylic acids is 1. The molecular weight excluding hydrogens is 314 g/mol. The average Bonchev–Trinajstić information content (AvgIpc) is 2.46. The number of hydrogen-bond acceptors (Lipinski definition) is 4. The van der Waals surface area contributed by atoms with Crippen LogP contribution in [0.3, 0.4) is 0 Å². The number of carbonyl (C=O) groups is 1. The smallest absolute Gasteiger partial charge is 0.312 e. The van der Waals surface area contributed by atoms with Crippen LogP contribution in [-0.2, 0) is 19.6 Å². The van der Waals surface area contributed by atoms with E-state index in [2.05, 4.69) is 4.72 Å². The molecule has 1 aromatic rings. The van der Waals surface area contributed by atoms with Crippen molar-refractivity contribution in [2.75, 3.05) is 7.11 Å². The van der Waals surface area contributed by atoms with Gasteiger partial charge in [-0.15, -0.1) is 0 Å². The van der Waals surface area contributed by atoms with Gasteiger partial charge in [0.1, 0.15) is 0 Å². The van der Waals surface area contributed by atoms with Crippen LogP contribution in [0, 0.1) is 18.8 Å². The fraction of sp³-hybridized carbons (Fsp3) is 0.471. The van der Waals surface area contributed by atoms with Crippen molar-refractivity contribution in [3.8, 4) is 0 Å². The van der Waals surface area contributed by atoms with Crippen molar-refractivity contribution in [2.24, 2.45) is 11.8 Å². The quantitative estimate of drug-likeness (QED) is 0.612. The molecule has 0 saturated heterocycles. The van der Waals surface area contributed by atoms with Crippen LogP contribution in [-0.4, -0.2) is 27.5 Å². The Labute approximate surface area is 138 Å². The zero-order valence-electron chi connectivity index (χ0n) is 14.2. The number of methoxy groups -OCH3 is 1. The van der Waals surface area contributed by atoms with Crippen molar-refractivity contribution in [1.82, 2.24) is 4.72 Å². The molecule has 6 heteroatoms. The van der Waals surface area contributed by atoms with Crippen molar-refractivity contribution in [3.05, 3.63) is 42.0 Å². The van der Waals surface area contributed by atoms with Crippen molar-refractivity contribution < 1.29 is 17.9 Å². The van der Waals surface area contributed by atoms with E-state index in [9.17, 15) is 13.2 Å². The lowest BCUT2D eigenvalue weighted by atomic mass is 9.95. The molecule has 0 aromatic heterocycles. The van der Waals surface area contributed by atoms with E-state index in [4.69, 9.17) is 4.74 Å². The first-order valence-corrected chi connectivity index (χ1v) is 9.01. The van der Waals surface area contributed by atoms with Gasteiger partial charge in [-0.05, 0) is 31.9 Å². The number of sulfonamides is 1. The predicted molar refractivity (Wildman–Crippen MR) is 90.4 cm³/mol. The summed E-state index contributed by atoms with van der Waals surface area (Å²) in [4.78, 5) is 11.9. The standard InChI is InChI=1S/C17H25NO4S/c1-12(2)16(17(19)22-5)11-8-14(4)18-23(20,21)15-9-6-13(3)7-10-15/h6-12,14,16,18H,1-5H3/b11-8+/t14-,16+/m0/s1. The van der Waals surface area contributed by atoms with Gasteiger partial charge < -0.3 is 4.74 Å². The van der Waals surface area contributed by atoms with Gasteiger partial charge in [-0.1, -0.05) is 43.7 Å². The molecule has 0 bridgehead atoms. The molecule has 0 spiro atoms. The van der Waals surface area contributed by atoms with Crippen LogP contribution in [0.2, 0.25) is 0 Å². The van der Waals surface area contributed by atoms with E-state index in [1.165, 1.54) is 7.11 Å². The zero-order chi connectivity index (χ0) is 17.6. The van der Waals surface area contributed by atoms with Crippen molar-refractivity contribution in [3.63, 3.8) is 0 Å². The average molecular weight is 339 g/mol. The van der Waals surface area contributed by atoms with Gasteiger partial charge in [0.25, 0.3) is 0 Å². The van der Waals surface area contributed by atoms with Crippen LogP contribution in [0.15, 0.2) is 41.3 Å². The van der Waals surface area contributed by atoms with Crippen LogP contribution in [0.4, 0.5) is 0 Å². The van der Waals surface area contributed by atoms with Gasteiger partial charge in [0.05, 0.1) is 17.9 Å². The Morgan fingerprint density at radius 1 is 1.13 bits per heavy atom. The van der Waals surface area contributed by atoms with Gasteiger partial charge in [0.2, 0.25) is 10.0 Å². The SMILES string of the molecule is COC(=O)[C@H](/C=C/[C@H](C)NS(=O)(=O)c1ccc(C)cc1)C(C)C. The number of benzene rings is 1. The number of hydrogen-bond donors (Lipinski definition) is 1. The Hall–Kier alpha value is -1.66. The van der Waals surface area contributed by atoms with Gasteiger partial charge in [-0.25, -0.2) is 13.1 Å². The van der Waals surface area contributed by atoms with Crippen molar-refractivity contribution in [2.45, 2.75) is 38.6 Å². The monoisotopic (exact) mass is 339 g/mol. The maximum absolute atomic E-state index is 12.3. The second-order valence-electron chi connectivity index (χ2n) is 5.90. The molecule has 5 nitrogen and oxygen atoms in total. The van der Waals surface area contributed by atoms with Crippen molar-refractivity contribution >= 4 is 16.0 Å². The summed E-state index contributed by atoms with van der Waals surface area (Å²) in [7, 11) is -2.25. The molecule has 0 aliphatic rings. The Bertz CT molecular complexity index is 648. The summed E-state index contributed by atoms with van der Waals surface area (Å²) in [5.41, 5.74) is 0.995. The highest BCUT2D eigenvalue weighted by molar-refractivity contribution is 7.89. The number of aryl methyl sites for hydroxylation is 1. The largest absolute Gasteiger partial charge is 0.469 e. The Kier molecular flexibility index (Phi) is 6.97. The lowest BCUT2D eigenvalue weighted by Crippen LogP contribution is -2.31. The zero-order valence-corrected chi connectivity index (χ0v) is 15.1. The topological polar surface area (TPSA) is 72.5 Å². The Morgan fingerprint density at radius 3 is 2.17 bits per heavy atom. The lowest BCUT2D eigenvalue weighted by Gasteiger charge is -2.16. The summed E-state index contributed by atoms with van der Waals surface area (Å²) < 4.78 is 31.9. The van der Waals surface area contributed by atoms with E-state index < -0.39 is 22.0 Å². The van der Waals surface area contributed by atoms with E-state index in [1.54, 1.807) is 43.3 Å². The fourth-order valence-corrected chi connectivity index (χ4v) is 3.26. The molecule has 0 unspecified atom stereocenters. The minimum absolute atomic E-state index is 0.0691. The number of esters is 1. The molecule has 2 atom stereocenters. The summed E-state index contributed by atoms with van der Waals surface area (Å²) in [5.74, 6) is -0.657. The van der Waals surface area contributed by atoms with Gasteiger partial charge in [0.15, 0.2) is 0 Å². The first-order valence-electron chi connectivity index (χ1n) is 7.52. The van der Waals surface area contributed by atoms with Crippen molar-refractivity contribution in [1.29, 1.82) is 0 Å². The first kappa shape index (κ1) is 19.4. The third kappa shape index (κ3) is 5.80. The van der Waals surface area contributed by atoms with E-state index in [-0.39, 0.29) is 16.8 Å². The molecule has 1 rings (SSSR count). The van der Waals surface area contributed by atoms with Gasteiger partial charge in [-0.2, -0.15) is 0 Å². The third-order valence-corrected chi connectivity index (χ3v) is 5.05.